The summed E-state index contributed by atoms with van der Waals surface area (Å²) in [5.74, 6) is 0.839. The third kappa shape index (κ3) is 2.85. The maximum Gasteiger partial charge on any atom is 0.319 e. The molecule has 0 aliphatic carbocycles. The van der Waals surface area contributed by atoms with Crippen LogP contribution >= 0.6 is 0 Å². The van der Waals surface area contributed by atoms with Crippen molar-refractivity contribution in [3.05, 3.63) is 42.1 Å². The van der Waals surface area contributed by atoms with E-state index in [9.17, 15) is 8.78 Å². The van der Waals surface area contributed by atoms with Gasteiger partial charge in [0.15, 0.2) is 0 Å². The fourth-order valence-corrected chi connectivity index (χ4v) is 1.62. The number of nitriles is 1. The number of imidazole rings is 1. The van der Waals surface area contributed by atoms with Crippen molar-refractivity contribution in [1.82, 2.24) is 14.5 Å². The highest BCUT2D eigenvalue weighted by molar-refractivity contribution is 5.41. The summed E-state index contributed by atoms with van der Waals surface area (Å²) in [5.41, 5.74) is 0.450. The van der Waals surface area contributed by atoms with Crippen LogP contribution in [-0.2, 0) is 6.54 Å². The van der Waals surface area contributed by atoms with Gasteiger partial charge in [0, 0.05) is 25.6 Å². The van der Waals surface area contributed by atoms with Crippen LogP contribution in [0, 0.1) is 11.3 Å². The highest BCUT2D eigenvalue weighted by atomic mass is 19.3. The van der Waals surface area contributed by atoms with Crippen LogP contribution in [0.3, 0.4) is 0 Å². The van der Waals surface area contributed by atoms with E-state index >= 15 is 0 Å². The first-order valence-corrected chi connectivity index (χ1v) is 5.49. The molecule has 2 aromatic heterocycles. The van der Waals surface area contributed by atoms with Gasteiger partial charge in [-0.15, -0.1) is 0 Å². The number of nitrogens with zero attached hydrogens (tertiary/aromatic N) is 5. The molecule has 0 atom stereocenters. The molecule has 0 N–H and O–H groups in total. The average molecular weight is 263 g/mol. The molecule has 0 unspecified atom stereocenters. The van der Waals surface area contributed by atoms with Crippen LogP contribution in [0.1, 0.15) is 17.9 Å². The van der Waals surface area contributed by atoms with E-state index in [2.05, 4.69) is 9.97 Å². The van der Waals surface area contributed by atoms with E-state index in [0.717, 1.165) is 4.57 Å². The van der Waals surface area contributed by atoms with E-state index in [1.165, 1.54) is 18.6 Å². The number of rotatable bonds is 4. The van der Waals surface area contributed by atoms with Crippen molar-refractivity contribution in [3.63, 3.8) is 0 Å². The Hall–Kier alpha value is -2.49. The molecule has 0 aliphatic heterocycles. The predicted octanol–water partition coefficient (Wildman–Crippen LogP) is 2.18. The van der Waals surface area contributed by atoms with Crippen molar-refractivity contribution in [2.75, 3.05) is 11.9 Å². The first-order chi connectivity index (χ1) is 9.11. The third-order valence-electron chi connectivity index (χ3n) is 2.61. The number of hydrogen-bond donors (Lipinski definition) is 0. The van der Waals surface area contributed by atoms with E-state index in [0.29, 0.717) is 11.4 Å². The van der Waals surface area contributed by atoms with Gasteiger partial charge in [-0.1, -0.05) is 0 Å². The summed E-state index contributed by atoms with van der Waals surface area (Å²) in [6.45, 7) is -2.41. The predicted molar refractivity (Wildman–Crippen MR) is 64.5 cm³/mol. The molecule has 0 radical (unpaired) electrons. The second-order valence-corrected chi connectivity index (χ2v) is 3.90. The van der Waals surface area contributed by atoms with Crippen molar-refractivity contribution in [2.24, 2.45) is 0 Å². The molecular formula is C12H11F2N5. The summed E-state index contributed by atoms with van der Waals surface area (Å²) in [4.78, 5) is 9.66. The lowest BCUT2D eigenvalue weighted by atomic mass is 10.3. The van der Waals surface area contributed by atoms with Gasteiger partial charge in [-0.25, -0.2) is 9.97 Å². The summed E-state index contributed by atoms with van der Waals surface area (Å²) in [7, 11) is 1.72. The first-order valence-electron chi connectivity index (χ1n) is 5.49. The molecule has 7 heteroatoms. The SMILES string of the molecule is CN(Cc1nccn1C(F)F)c1ccc(C#N)cn1. The van der Waals surface area contributed by atoms with Crippen molar-refractivity contribution in [2.45, 2.75) is 13.1 Å². The lowest BCUT2D eigenvalue weighted by Crippen LogP contribution is -2.20. The zero-order chi connectivity index (χ0) is 13.8. The third-order valence-corrected chi connectivity index (χ3v) is 2.61. The maximum absolute atomic E-state index is 12.7. The topological polar surface area (TPSA) is 57.7 Å². The van der Waals surface area contributed by atoms with Crippen molar-refractivity contribution < 1.29 is 8.78 Å². The van der Waals surface area contributed by atoms with Gasteiger partial charge in [-0.3, -0.25) is 4.57 Å². The molecule has 2 heterocycles. The molecule has 98 valence electrons. The Balaban J connectivity index is 2.14. The van der Waals surface area contributed by atoms with Crippen LogP contribution in [0.2, 0.25) is 0 Å². The number of halogens is 2. The summed E-state index contributed by atoms with van der Waals surface area (Å²) < 4.78 is 26.1. The Kier molecular flexibility index (Phi) is 3.71. The lowest BCUT2D eigenvalue weighted by Gasteiger charge is -2.18. The number of aromatic nitrogens is 3. The summed E-state index contributed by atoms with van der Waals surface area (Å²) in [6, 6.07) is 5.25. The van der Waals surface area contributed by atoms with Gasteiger partial charge in [-0.05, 0) is 12.1 Å². The van der Waals surface area contributed by atoms with Crippen LogP contribution in [0.5, 0.6) is 0 Å². The normalized spacial score (nSPS) is 10.5. The van der Waals surface area contributed by atoms with Crippen molar-refractivity contribution >= 4 is 5.82 Å². The van der Waals surface area contributed by atoms with Gasteiger partial charge in [0.25, 0.3) is 0 Å². The van der Waals surface area contributed by atoms with Gasteiger partial charge < -0.3 is 4.90 Å². The molecule has 0 saturated carbocycles. The van der Waals surface area contributed by atoms with E-state index in [-0.39, 0.29) is 12.4 Å². The second-order valence-electron chi connectivity index (χ2n) is 3.90. The molecule has 0 spiro atoms. The zero-order valence-corrected chi connectivity index (χ0v) is 10.2. The molecule has 19 heavy (non-hydrogen) atoms. The van der Waals surface area contributed by atoms with Gasteiger partial charge in [0.1, 0.15) is 17.7 Å². The maximum atomic E-state index is 12.7. The van der Waals surface area contributed by atoms with E-state index < -0.39 is 6.55 Å². The number of anilines is 1. The van der Waals surface area contributed by atoms with Gasteiger partial charge in [0.05, 0.1) is 12.1 Å². The molecule has 0 aromatic carbocycles. The fraction of sp³-hybridized carbons (Fsp3) is 0.250. The van der Waals surface area contributed by atoms with Gasteiger partial charge in [0.2, 0.25) is 0 Å². The standard InChI is InChI=1S/C12H11F2N5/c1-18(10-3-2-9(6-15)7-17-10)8-11-16-4-5-19(11)12(13)14/h2-5,7,12H,8H2,1H3. The minimum atomic E-state index is -2.61. The van der Waals surface area contributed by atoms with E-state index in [4.69, 9.17) is 5.26 Å². The first kappa shape index (κ1) is 13.0. The Labute approximate surface area is 108 Å². The van der Waals surface area contributed by atoms with Gasteiger partial charge in [-0.2, -0.15) is 14.0 Å². The van der Waals surface area contributed by atoms with E-state index in [1.807, 2.05) is 6.07 Å². The van der Waals surface area contributed by atoms with Crippen LogP contribution in [0.25, 0.3) is 0 Å². The summed E-state index contributed by atoms with van der Waals surface area (Å²) >= 11 is 0. The second kappa shape index (κ2) is 5.44. The molecule has 2 aromatic rings. The molecular weight excluding hydrogens is 252 g/mol. The minimum Gasteiger partial charge on any atom is -0.352 e. The smallest absolute Gasteiger partial charge is 0.319 e. The molecule has 0 bridgehead atoms. The van der Waals surface area contributed by atoms with Crippen LogP contribution in [0.15, 0.2) is 30.7 Å². The lowest BCUT2D eigenvalue weighted by molar-refractivity contribution is 0.0670. The molecule has 0 saturated heterocycles. The van der Waals surface area contributed by atoms with Gasteiger partial charge >= 0.3 is 6.55 Å². The van der Waals surface area contributed by atoms with E-state index in [1.54, 1.807) is 24.1 Å². The Bertz CT molecular complexity index is 585. The summed E-state index contributed by atoms with van der Waals surface area (Å²) in [6.07, 6.45) is 4.01. The molecule has 0 fully saturated rings. The Morgan fingerprint density at radius 2 is 2.21 bits per heavy atom. The Morgan fingerprint density at radius 3 is 2.79 bits per heavy atom. The van der Waals surface area contributed by atoms with Crippen LogP contribution < -0.4 is 4.90 Å². The average Bonchev–Trinajstić information content (AvgIpc) is 2.87. The quantitative estimate of drug-likeness (QED) is 0.848. The fourth-order valence-electron chi connectivity index (χ4n) is 1.62. The molecule has 5 nitrogen and oxygen atoms in total. The molecule has 0 amide bonds. The monoisotopic (exact) mass is 263 g/mol. The van der Waals surface area contributed by atoms with Crippen LogP contribution in [-0.4, -0.2) is 21.6 Å². The van der Waals surface area contributed by atoms with Crippen molar-refractivity contribution in [3.8, 4) is 6.07 Å². The minimum absolute atomic E-state index is 0.205. The number of alkyl halides is 2. The zero-order valence-electron chi connectivity index (χ0n) is 10.2. The summed E-state index contributed by atoms with van der Waals surface area (Å²) in [5, 5.41) is 8.67. The molecule has 0 aliphatic rings. The van der Waals surface area contributed by atoms with Crippen molar-refractivity contribution in [1.29, 1.82) is 5.26 Å². The molecule has 2 rings (SSSR count). The van der Waals surface area contributed by atoms with Crippen LogP contribution in [0.4, 0.5) is 14.6 Å². The number of pyridine rings is 1. The Morgan fingerprint density at radius 1 is 1.42 bits per heavy atom. The highest BCUT2D eigenvalue weighted by Crippen LogP contribution is 2.16. The largest absolute Gasteiger partial charge is 0.352 e. The highest BCUT2D eigenvalue weighted by Gasteiger charge is 2.13. The number of hydrogen-bond acceptors (Lipinski definition) is 4.